The van der Waals surface area contributed by atoms with Crippen molar-refractivity contribution in [2.24, 2.45) is 0 Å². The highest BCUT2D eigenvalue weighted by Gasteiger charge is 2.26. The van der Waals surface area contributed by atoms with Crippen LogP contribution in [-0.4, -0.2) is 28.1 Å². The third-order valence-electron chi connectivity index (χ3n) is 3.33. The largest absolute Gasteiger partial charge is 0.477 e. The fourth-order valence-electron chi connectivity index (χ4n) is 2.48. The average molecular weight is 285 g/mol. The lowest BCUT2D eigenvalue weighted by atomic mass is 10.2. The van der Waals surface area contributed by atoms with E-state index in [1.165, 1.54) is 30.6 Å². The zero-order chi connectivity index (χ0) is 13.0. The molecule has 2 N–H and O–H groups in total. The Bertz CT molecular complexity index is 405. The molecule has 1 fully saturated rings. The molecule has 5 heteroatoms. The molecule has 1 aromatic heterocycles. The second kappa shape index (κ2) is 6.59. The summed E-state index contributed by atoms with van der Waals surface area (Å²) in [5.74, 6) is 0.342. The number of rotatable bonds is 6. The van der Waals surface area contributed by atoms with Gasteiger partial charge in [0.2, 0.25) is 0 Å². The number of aromatic carboxylic acids is 1. The Hall–Kier alpha value is -0.520. The van der Waals surface area contributed by atoms with Gasteiger partial charge in [-0.3, -0.25) is 0 Å². The monoisotopic (exact) mass is 285 g/mol. The number of carboxylic acid groups (broad SMARTS) is 1. The smallest absolute Gasteiger partial charge is 0.346 e. The zero-order valence-electron chi connectivity index (χ0n) is 10.5. The van der Waals surface area contributed by atoms with Crippen molar-refractivity contribution in [3.63, 3.8) is 0 Å². The molecule has 100 valence electrons. The third-order valence-corrected chi connectivity index (χ3v) is 5.60. The van der Waals surface area contributed by atoms with E-state index in [4.69, 9.17) is 5.11 Å². The van der Waals surface area contributed by atoms with Crippen LogP contribution in [-0.2, 0) is 6.54 Å². The van der Waals surface area contributed by atoms with E-state index >= 15 is 0 Å². The van der Waals surface area contributed by atoms with Gasteiger partial charge in [-0.1, -0.05) is 13.3 Å². The van der Waals surface area contributed by atoms with Crippen LogP contribution in [0.2, 0.25) is 0 Å². The summed E-state index contributed by atoms with van der Waals surface area (Å²) in [6, 6.07) is 2.45. The normalized spacial score (nSPS) is 23.4. The van der Waals surface area contributed by atoms with Gasteiger partial charge in [0, 0.05) is 17.8 Å². The second-order valence-electron chi connectivity index (χ2n) is 4.49. The van der Waals surface area contributed by atoms with Crippen molar-refractivity contribution in [3.8, 4) is 0 Å². The summed E-state index contributed by atoms with van der Waals surface area (Å²) >= 11 is 3.32. The van der Waals surface area contributed by atoms with Crippen molar-refractivity contribution >= 4 is 29.1 Å². The van der Waals surface area contributed by atoms with E-state index in [2.05, 4.69) is 12.2 Å². The predicted octanol–water partition coefficient (Wildman–Crippen LogP) is 3.21. The van der Waals surface area contributed by atoms with Gasteiger partial charge in [0.1, 0.15) is 4.88 Å². The maximum absolute atomic E-state index is 11.0. The maximum atomic E-state index is 11.0. The van der Waals surface area contributed by atoms with Gasteiger partial charge in [-0.15, -0.1) is 11.3 Å². The van der Waals surface area contributed by atoms with E-state index in [0.29, 0.717) is 22.7 Å². The van der Waals surface area contributed by atoms with Crippen LogP contribution >= 0.6 is 23.1 Å². The first-order valence-electron chi connectivity index (χ1n) is 6.37. The molecular formula is C13H19NO2S2. The number of carboxylic acids is 1. The summed E-state index contributed by atoms with van der Waals surface area (Å²) in [5, 5.41) is 15.1. The number of hydrogen-bond acceptors (Lipinski definition) is 4. The van der Waals surface area contributed by atoms with E-state index in [1.807, 2.05) is 23.2 Å². The second-order valence-corrected chi connectivity index (χ2v) is 6.92. The highest BCUT2D eigenvalue weighted by atomic mass is 32.2. The molecule has 1 heterocycles. The molecule has 1 aromatic rings. The van der Waals surface area contributed by atoms with Crippen molar-refractivity contribution in [1.82, 2.24) is 5.32 Å². The van der Waals surface area contributed by atoms with Gasteiger partial charge in [-0.2, -0.15) is 11.8 Å². The first-order chi connectivity index (χ1) is 8.72. The molecule has 2 atom stereocenters. The highest BCUT2D eigenvalue weighted by Crippen LogP contribution is 2.30. The standard InChI is InChI=1S/C13H19NO2S2/c1-2-17-11-5-3-4-10(11)14-8-9-6-7-18-12(9)13(15)16/h6-7,10-11,14H,2-5,8H2,1H3,(H,15,16). The fourth-order valence-corrected chi connectivity index (χ4v) is 4.46. The summed E-state index contributed by atoms with van der Waals surface area (Å²) < 4.78 is 0. The zero-order valence-corrected chi connectivity index (χ0v) is 12.1. The van der Waals surface area contributed by atoms with Crippen LogP contribution in [0, 0.1) is 0 Å². The van der Waals surface area contributed by atoms with Gasteiger partial charge in [0.15, 0.2) is 0 Å². The van der Waals surface area contributed by atoms with Crippen LogP contribution in [0.5, 0.6) is 0 Å². The molecule has 2 rings (SSSR count). The Labute approximate surface area is 116 Å². The number of carbonyl (C=O) groups is 1. The fraction of sp³-hybridized carbons (Fsp3) is 0.615. The average Bonchev–Trinajstić information content (AvgIpc) is 2.95. The Morgan fingerprint density at radius 1 is 1.61 bits per heavy atom. The summed E-state index contributed by atoms with van der Waals surface area (Å²) in [4.78, 5) is 11.5. The third kappa shape index (κ3) is 3.28. The molecule has 0 bridgehead atoms. The van der Waals surface area contributed by atoms with Crippen LogP contribution < -0.4 is 5.32 Å². The Balaban J connectivity index is 1.90. The van der Waals surface area contributed by atoms with Crippen LogP contribution in [0.1, 0.15) is 41.4 Å². The van der Waals surface area contributed by atoms with Crippen molar-refractivity contribution in [1.29, 1.82) is 0 Å². The lowest BCUT2D eigenvalue weighted by molar-refractivity contribution is 0.0701. The van der Waals surface area contributed by atoms with Crippen molar-refractivity contribution in [2.45, 2.75) is 44.0 Å². The molecule has 0 spiro atoms. The molecule has 18 heavy (non-hydrogen) atoms. The summed E-state index contributed by atoms with van der Waals surface area (Å²) in [6.07, 6.45) is 3.78. The molecule has 0 radical (unpaired) electrons. The summed E-state index contributed by atoms with van der Waals surface area (Å²) in [7, 11) is 0. The summed E-state index contributed by atoms with van der Waals surface area (Å²) in [5.41, 5.74) is 0.916. The minimum absolute atomic E-state index is 0.472. The first kappa shape index (κ1) is 13.9. The van der Waals surface area contributed by atoms with Gasteiger partial charge in [-0.05, 0) is 35.6 Å². The van der Waals surface area contributed by atoms with Crippen molar-refractivity contribution in [2.75, 3.05) is 5.75 Å². The van der Waals surface area contributed by atoms with Crippen LogP contribution in [0.25, 0.3) is 0 Å². The van der Waals surface area contributed by atoms with Gasteiger partial charge < -0.3 is 10.4 Å². The van der Waals surface area contributed by atoms with E-state index in [-0.39, 0.29) is 0 Å². The van der Waals surface area contributed by atoms with Crippen LogP contribution in [0.4, 0.5) is 0 Å². The van der Waals surface area contributed by atoms with Gasteiger partial charge in [-0.25, -0.2) is 4.79 Å². The van der Waals surface area contributed by atoms with E-state index in [9.17, 15) is 4.79 Å². The molecule has 1 aliphatic rings. The lowest BCUT2D eigenvalue weighted by Crippen LogP contribution is -2.33. The maximum Gasteiger partial charge on any atom is 0.346 e. The quantitative estimate of drug-likeness (QED) is 0.842. The Morgan fingerprint density at radius 2 is 2.44 bits per heavy atom. The van der Waals surface area contributed by atoms with Crippen molar-refractivity contribution in [3.05, 3.63) is 21.9 Å². The number of thiophene rings is 1. The van der Waals surface area contributed by atoms with Gasteiger partial charge in [0.05, 0.1) is 0 Å². The molecule has 3 nitrogen and oxygen atoms in total. The predicted molar refractivity (Wildman–Crippen MR) is 77.7 cm³/mol. The highest BCUT2D eigenvalue weighted by molar-refractivity contribution is 7.99. The number of hydrogen-bond donors (Lipinski definition) is 2. The van der Waals surface area contributed by atoms with E-state index < -0.39 is 5.97 Å². The first-order valence-corrected chi connectivity index (χ1v) is 8.30. The van der Waals surface area contributed by atoms with Crippen molar-refractivity contribution < 1.29 is 9.90 Å². The molecular weight excluding hydrogens is 266 g/mol. The lowest BCUT2D eigenvalue weighted by Gasteiger charge is -2.20. The Kier molecular flexibility index (Phi) is 5.09. The van der Waals surface area contributed by atoms with Crippen LogP contribution in [0.3, 0.4) is 0 Å². The van der Waals surface area contributed by atoms with Gasteiger partial charge in [0.25, 0.3) is 0 Å². The molecule has 1 aliphatic carbocycles. The molecule has 1 saturated carbocycles. The van der Waals surface area contributed by atoms with E-state index in [1.54, 1.807) is 0 Å². The summed E-state index contributed by atoms with van der Waals surface area (Å²) in [6.45, 7) is 2.87. The van der Waals surface area contributed by atoms with Gasteiger partial charge >= 0.3 is 5.97 Å². The Morgan fingerprint density at radius 3 is 3.17 bits per heavy atom. The van der Waals surface area contributed by atoms with Crippen LogP contribution in [0.15, 0.2) is 11.4 Å². The molecule has 2 unspecified atom stereocenters. The minimum atomic E-state index is -0.812. The van der Waals surface area contributed by atoms with E-state index in [0.717, 1.165) is 11.3 Å². The molecule has 0 saturated heterocycles. The molecule has 0 aromatic carbocycles. The molecule has 0 amide bonds. The molecule has 0 aliphatic heterocycles. The topological polar surface area (TPSA) is 49.3 Å². The SMILES string of the molecule is CCSC1CCCC1NCc1ccsc1C(=O)O. The number of thioether (sulfide) groups is 1. The minimum Gasteiger partial charge on any atom is -0.477 e. The number of nitrogens with one attached hydrogen (secondary N) is 1.